The number of nitrogens with one attached hydrogen (secondary N) is 2. The highest BCUT2D eigenvalue weighted by molar-refractivity contribution is 5.90. The van der Waals surface area contributed by atoms with Crippen molar-refractivity contribution in [2.45, 2.75) is 19.4 Å². The minimum Gasteiger partial charge on any atom is -0.383 e. The Morgan fingerprint density at radius 1 is 1.26 bits per heavy atom. The molecule has 1 fully saturated rings. The Bertz CT molecular complexity index is 1220. The van der Waals surface area contributed by atoms with Crippen molar-refractivity contribution < 1.29 is 0 Å². The van der Waals surface area contributed by atoms with Gasteiger partial charge in [0.05, 0.1) is 22.5 Å². The topological polar surface area (TPSA) is 110 Å². The molecule has 1 aliphatic heterocycles. The van der Waals surface area contributed by atoms with E-state index in [1.54, 1.807) is 0 Å². The maximum Gasteiger partial charge on any atom is 0.164 e. The maximum atomic E-state index is 6.11. The molecule has 1 aliphatic rings. The molecule has 1 aromatic carbocycles. The predicted molar refractivity (Wildman–Crippen MR) is 103 cm³/mol. The van der Waals surface area contributed by atoms with Crippen LogP contribution in [0.25, 0.3) is 22.1 Å². The van der Waals surface area contributed by atoms with Crippen LogP contribution in [-0.2, 0) is 0 Å². The predicted octanol–water partition coefficient (Wildman–Crippen LogP) is 1.53. The summed E-state index contributed by atoms with van der Waals surface area (Å²) in [6.45, 7) is 3.77. The van der Waals surface area contributed by atoms with Crippen molar-refractivity contribution in [2.24, 2.45) is 0 Å². The number of rotatable bonds is 1. The number of nitrogen functional groups attached to an aromatic ring is 1. The first-order chi connectivity index (χ1) is 13.2. The molecule has 3 aromatic heterocycles. The number of aromatic nitrogens is 6. The number of hydrogen-bond acceptors (Lipinski definition) is 6. The molecule has 4 heterocycles. The highest BCUT2D eigenvalue weighted by Gasteiger charge is 2.23. The standard InChI is InChI=1S/C19H18N8/c1-11-24-14-4-2-12(8-16(14)25-11)3-5-15-17-18(20)22-10-23-19(17)27(26-15)13-6-7-21-9-13/h2,4,8,10,13,21H,6-7,9H2,1H3,(H,24,25)(H2,20,22,23)/t13-/m0/s1. The molecule has 5 rings (SSSR count). The van der Waals surface area contributed by atoms with Crippen molar-refractivity contribution in [2.75, 3.05) is 18.8 Å². The van der Waals surface area contributed by atoms with Gasteiger partial charge in [0.1, 0.15) is 23.7 Å². The van der Waals surface area contributed by atoms with Crippen molar-refractivity contribution >= 4 is 27.9 Å². The van der Waals surface area contributed by atoms with Crippen molar-refractivity contribution in [3.05, 3.63) is 41.6 Å². The Labute approximate surface area is 155 Å². The van der Waals surface area contributed by atoms with Crippen LogP contribution < -0.4 is 11.1 Å². The monoisotopic (exact) mass is 358 g/mol. The Hall–Kier alpha value is -3.44. The third kappa shape index (κ3) is 2.69. The highest BCUT2D eigenvalue weighted by Crippen LogP contribution is 2.25. The lowest BCUT2D eigenvalue weighted by atomic mass is 10.2. The first-order valence-electron chi connectivity index (χ1n) is 8.87. The fourth-order valence-corrected chi connectivity index (χ4v) is 3.53. The fraction of sp³-hybridized carbons (Fsp3) is 0.263. The normalized spacial score (nSPS) is 16.7. The Kier molecular flexibility index (Phi) is 3.55. The van der Waals surface area contributed by atoms with Crippen LogP contribution in [0.2, 0.25) is 0 Å². The Morgan fingerprint density at radius 2 is 2.19 bits per heavy atom. The lowest BCUT2D eigenvalue weighted by molar-refractivity contribution is 0.502. The molecule has 0 unspecified atom stereocenters. The van der Waals surface area contributed by atoms with E-state index in [2.05, 4.69) is 37.1 Å². The molecular weight excluding hydrogens is 340 g/mol. The second-order valence-corrected chi connectivity index (χ2v) is 6.70. The molecule has 8 nitrogen and oxygen atoms in total. The van der Waals surface area contributed by atoms with Gasteiger partial charge < -0.3 is 16.0 Å². The molecule has 0 radical (unpaired) electrons. The van der Waals surface area contributed by atoms with Crippen LogP contribution in [0.1, 0.15) is 29.5 Å². The number of nitrogens with zero attached hydrogens (tertiary/aromatic N) is 5. The third-order valence-electron chi connectivity index (χ3n) is 4.82. The average molecular weight is 358 g/mol. The largest absolute Gasteiger partial charge is 0.383 e. The molecule has 0 amide bonds. The maximum absolute atomic E-state index is 6.11. The van der Waals surface area contributed by atoms with Gasteiger partial charge in [-0.2, -0.15) is 5.10 Å². The average Bonchev–Trinajstić information content (AvgIpc) is 3.37. The third-order valence-corrected chi connectivity index (χ3v) is 4.82. The van der Waals surface area contributed by atoms with E-state index in [9.17, 15) is 0 Å². The number of hydrogen-bond donors (Lipinski definition) is 3. The van der Waals surface area contributed by atoms with Gasteiger partial charge in [-0.05, 0) is 44.0 Å². The number of fused-ring (bicyclic) bond motifs is 2. The van der Waals surface area contributed by atoms with Crippen LogP contribution in [-0.4, -0.2) is 42.8 Å². The van der Waals surface area contributed by atoms with Crippen molar-refractivity contribution in [3.63, 3.8) is 0 Å². The Balaban J connectivity index is 1.61. The van der Waals surface area contributed by atoms with E-state index in [-0.39, 0.29) is 6.04 Å². The van der Waals surface area contributed by atoms with Gasteiger partial charge in [0.15, 0.2) is 5.65 Å². The van der Waals surface area contributed by atoms with Gasteiger partial charge >= 0.3 is 0 Å². The molecular formula is C19H18N8. The molecule has 27 heavy (non-hydrogen) atoms. The summed E-state index contributed by atoms with van der Waals surface area (Å²) in [7, 11) is 0. The van der Waals surface area contributed by atoms with E-state index in [1.165, 1.54) is 6.33 Å². The summed E-state index contributed by atoms with van der Waals surface area (Å²) in [5.41, 5.74) is 10.2. The first kappa shape index (κ1) is 15.8. The number of anilines is 1. The zero-order chi connectivity index (χ0) is 18.4. The second-order valence-electron chi connectivity index (χ2n) is 6.70. The van der Waals surface area contributed by atoms with Gasteiger partial charge in [-0.3, -0.25) is 0 Å². The summed E-state index contributed by atoms with van der Waals surface area (Å²) in [6.07, 6.45) is 2.48. The molecule has 0 bridgehead atoms. The zero-order valence-corrected chi connectivity index (χ0v) is 14.8. The van der Waals surface area contributed by atoms with Gasteiger partial charge in [-0.1, -0.05) is 5.92 Å². The number of imidazole rings is 1. The molecule has 134 valence electrons. The van der Waals surface area contributed by atoms with E-state index >= 15 is 0 Å². The van der Waals surface area contributed by atoms with Crippen molar-refractivity contribution in [3.8, 4) is 11.8 Å². The van der Waals surface area contributed by atoms with E-state index < -0.39 is 0 Å². The number of nitrogens with two attached hydrogens (primary N) is 1. The van der Waals surface area contributed by atoms with Gasteiger partial charge in [0, 0.05) is 12.1 Å². The van der Waals surface area contributed by atoms with Gasteiger partial charge in [0.25, 0.3) is 0 Å². The number of H-pyrrole nitrogens is 1. The van der Waals surface area contributed by atoms with Crippen molar-refractivity contribution in [1.29, 1.82) is 0 Å². The number of aromatic amines is 1. The molecule has 4 aromatic rings. The van der Waals surface area contributed by atoms with Crippen molar-refractivity contribution in [1.82, 2.24) is 35.0 Å². The summed E-state index contributed by atoms with van der Waals surface area (Å²) in [5, 5.41) is 8.79. The van der Waals surface area contributed by atoms with E-state index in [0.29, 0.717) is 11.5 Å². The van der Waals surface area contributed by atoms with Crippen LogP contribution >= 0.6 is 0 Å². The van der Waals surface area contributed by atoms with Crippen LogP contribution in [0.15, 0.2) is 24.5 Å². The molecule has 1 saturated heterocycles. The highest BCUT2D eigenvalue weighted by atomic mass is 15.3. The van der Waals surface area contributed by atoms with Crippen LogP contribution in [0, 0.1) is 18.8 Å². The van der Waals surface area contributed by atoms with E-state index in [0.717, 1.165) is 53.0 Å². The van der Waals surface area contributed by atoms with E-state index in [1.807, 2.05) is 29.8 Å². The summed E-state index contributed by atoms with van der Waals surface area (Å²) in [4.78, 5) is 16.2. The number of aryl methyl sites for hydroxylation is 1. The molecule has 8 heteroatoms. The summed E-state index contributed by atoms with van der Waals surface area (Å²) in [5.74, 6) is 7.64. The minimum atomic E-state index is 0.252. The van der Waals surface area contributed by atoms with E-state index in [4.69, 9.17) is 10.8 Å². The Morgan fingerprint density at radius 3 is 3.04 bits per heavy atom. The second kappa shape index (κ2) is 6.07. The summed E-state index contributed by atoms with van der Waals surface area (Å²) < 4.78 is 1.93. The molecule has 0 aliphatic carbocycles. The quantitative estimate of drug-likeness (QED) is 0.445. The van der Waals surface area contributed by atoms with Crippen LogP contribution in [0.3, 0.4) is 0 Å². The SMILES string of the molecule is Cc1nc2ccc(C#Cc3nn([C@H]4CCNC4)c4ncnc(N)c34)cc2[nH]1. The minimum absolute atomic E-state index is 0.252. The summed E-state index contributed by atoms with van der Waals surface area (Å²) >= 11 is 0. The molecule has 0 saturated carbocycles. The number of benzene rings is 1. The lowest BCUT2D eigenvalue weighted by Crippen LogP contribution is -2.15. The van der Waals surface area contributed by atoms with Gasteiger partial charge in [-0.25, -0.2) is 19.6 Å². The summed E-state index contributed by atoms with van der Waals surface area (Å²) in [6, 6.07) is 6.15. The molecule has 4 N–H and O–H groups in total. The van der Waals surface area contributed by atoms with Gasteiger partial charge in [-0.15, -0.1) is 0 Å². The van der Waals surface area contributed by atoms with Crippen LogP contribution in [0.4, 0.5) is 5.82 Å². The molecule has 0 spiro atoms. The first-order valence-corrected chi connectivity index (χ1v) is 8.87. The smallest absolute Gasteiger partial charge is 0.164 e. The van der Waals surface area contributed by atoms with Crippen LogP contribution in [0.5, 0.6) is 0 Å². The zero-order valence-electron chi connectivity index (χ0n) is 14.8. The molecule has 1 atom stereocenters. The lowest BCUT2D eigenvalue weighted by Gasteiger charge is -2.09. The van der Waals surface area contributed by atoms with Gasteiger partial charge in [0.2, 0.25) is 0 Å². The fourth-order valence-electron chi connectivity index (χ4n) is 3.53.